The smallest absolute Gasteiger partial charge is 0.324 e. The lowest BCUT2D eigenvalue weighted by Gasteiger charge is -2.13. The van der Waals surface area contributed by atoms with Gasteiger partial charge in [0.2, 0.25) is 0 Å². The number of hydrazine groups is 2. The van der Waals surface area contributed by atoms with Gasteiger partial charge in [-0.25, -0.2) is 10.9 Å². The number of hydrogen-bond acceptors (Lipinski definition) is 5. The second-order valence-electron chi connectivity index (χ2n) is 2.99. The van der Waals surface area contributed by atoms with Crippen molar-refractivity contribution < 1.29 is 9.90 Å². The number of carboxylic acids is 1. The van der Waals surface area contributed by atoms with Gasteiger partial charge in [-0.05, 0) is 17.7 Å². The summed E-state index contributed by atoms with van der Waals surface area (Å²) in [6.45, 7) is 0. The number of nitrogens with zero attached hydrogens (tertiary/aromatic N) is 1. The van der Waals surface area contributed by atoms with Crippen LogP contribution in [0.4, 0.5) is 0 Å². The third kappa shape index (κ3) is 1.58. The van der Waals surface area contributed by atoms with Crippen molar-refractivity contribution >= 4 is 5.97 Å². The minimum atomic E-state index is -0.899. The largest absolute Gasteiger partial charge is 0.480 e. The van der Waals surface area contributed by atoms with E-state index in [0.29, 0.717) is 0 Å². The van der Waals surface area contributed by atoms with Crippen molar-refractivity contribution in [3.8, 4) is 0 Å². The van der Waals surface area contributed by atoms with Crippen LogP contribution in [-0.4, -0.2) is 22.1 Å². The lowest BCUT2D eigenvalue weighted by atomic mass is 10.0. The van der Waals surface area contributed by atoms with E-state index in [0.717, 1.165) is 5.56 Å². The maximum absolute atomic E-state index is 10.8. The molecule has 0 bridgehead atoms. The maximum atomic E-state index is 10.8. The zero-order chi connectivity index (χ0) is 9.97. The maximum Gasteiger partial charge on any atom is 0.324 e. The Labute approximate surface area is 80.3 Å². The molecule has 1 aromatic heterocycles. The fourth-order valence-electron chi connectivity index (χ4n) is 1.41. The van der Waals surface area contributed by atoms with Gasteiger partial charge in [0.1, 0.15) is 6.04 Å². The lowest BCUT2D eigenvalue weighted by molar-refractivity contribution is -0.139. The van der Waals surface area contributed by atoms with Crippen LogP contribution >= 0.6 is 0 Å². The molecule has 0 saturated carbocycles. The van der Waals surface area contributed by atoms with Crippen LogP contribution in [0, 0.1) is 0 Å². The topological polar surface area (TPSA) is 86.3 Å². The molecule has 6 heteroatoms. The summed E-state index contributed by atoms with van der Waals surface area (Å²) in [6, 6.07) is 2.61. The lowest BCUT2D eigenvalue weighted by Crippen LogP contribution is -2.38. The van der Waals surface area contributed by atoms with Gasteiger partial charge in [-0.1, -0.05) is 0 Å². The van der Waals surface area contributed by atoms with Crippen LogP contribution in [0.1, 0.15) is 11.6 Å². The number of rotatable bonds is 2. The van der Waals surface area contributed by atoms with Crippen LogP contribution in [0.5, 0.6) is 0 Å². The third-order valence-corrected chi connectivity index (χ3v) is 2.12. The van der Waals surface area contributed by atoms with Crippen LogP contribution < -0.4 is 16.4 Å². The molecule has 2 unspecified atom stereocenters. The van der Waals surface area contributed by atoms with E-state index in [1.54, 1.807) is 24.5 Å². The fraction of sp³-hybridized carbons (Fsp3) is 0.250. The first-order chi connectivity index (χ1) is 6.79. The number of pyridine rings is 1. The minimum absolute atomic E-state index is 0.282. The molecule has 0 spiro atoms. The summed E-state index contributed by atoms with van der Waals surface area (Å²) in [4.78, 5) is 14.7. The van der Waals surface area contributed by atoms with Crippen molar-refractivity contribution in [1.29, 1.82) is 0 Å². The summed E-state index contributed by atoms with van der Waals surface area (Å²) >= 11 is 0. The molecule has 4 N–H and O–H groups in total. The van der Waals surface area contributed by atoms with E-state index in [-0.39, 0.29) is 6.04 Å². The van der Waals surface area contributed by atoms with E-state index in [1.165, 1.54) is 0 Å². The van der Waals surface area contributed by atoms with Crippen LogP contribution in [0.2, 0.25) is 0 Å². The first kappa shape index (κ1) is 9.07. The third-order valence-electron chi connectivity index (χ3n) is 2.12. The molecule has 2 heterocycles. The number of carboxylic acid groups (broad SMARTS) is 1. The molecule has 0 aromatic carbocycles. The van der Waals surface area contributed by atoms with Gasteiger partial charge < -0.3 is 5.11 Å². The van der Waals surface area contributed by atoms with E-state index in [4.69, 9.17) is 5.11 Å². The summed E-state index contributed by atoms with van der Waals surface area (Å²) in [5, 5.41) is 8.89. The number of carbonyl (C=O) groups is 1. The quantitative estimate of drug-likeness (QED) is 0.492. The predicted molar refractivity (Wildman–Crippen MR) is 47.8 cm³/mol. The number of nitrogens with one attached hydrogen (secondary N) is 3. The number of aromatic nitrogens is 1. The van der Waals surface area contributed by atoms with Crippen molar-refractivity contribution in [2.24, 2.45) is 0 Å². The highest BCUT2D eigenvalue weighted by atomic mass is 16.4. The average Bonchev–Trinajstić information content (AvgIpc) is 2.67. The number of hydrogen-bond donors (Lipinski definition) is 4. The van der Waals surface area contributed by atoms with Crippen molar-refractivity contribution in [3.05, 3.63) is 30.1 Å². The molecule has 2 rings (SSSR count). The molecule has 0 amide bonds. The van der Waals surface area contributed by atoms with Gasteiger partial charge in [0, 0.05) is 12.4 Å². The second kappa shape index (κ2) is 3.70. The van der Waals surface area contributed by atoms with E-state index >= 15 is 0 Å². The molecule has 1 aliphatic rings. The molecule has 74 valence electrons. The molecule has 1 aromatic rings. The van der Waals surface area contributed by atoms with E-state index in [1.807, 2.05) is 0 Å². The summed E-state index contributed by atoms with van der Waals surface area (Å²) in [5.41, 5.74) is 8.94. The number of aliphatic carboxylic acids is 1. The van der Waals surface area contributed by atoms with Gasteiger partial charge in [0.15, 0.2) is 0 Å². The molecule has 14 heavy (non-hydrogen) atoms. The van der Waals surface area contributed by atoms with Crippen molar-refractivity contribution in [2.75, 3.05) is 0 Å². The molecular formula is C8H10N4O2. The summed E-state index contributed by atoms with van der Waals surface area (Å²) in [6.07, 6.45) is 3.27. The monoisotopic (exact) mass is 194 g/mol. The highest BCUT2D eigenvalue weighted by Crippen LogP contribution is 2.17. The van der Waals surface area contributed by atoms with Gasteiger partial charge in [0.05, 0.1) is 6.04 Å². The average molecular weight is 194 g/mol. The zero-order valence-corrected chi connectivity index (χ0v) is 7.27. The van der Waals surface area contributed by atoms with Gasteiger partial charge >= 0.3 is 5.97 Å². The van der Waals surface area contributed by atoms with Crippen molar-refractivity contribution in [1.82, 2.24) is 21.4 Å². The summed E-state index contributed by atoms with van der Waals surface area (Å²) in [7, 11) is 0. The Bertz CT molecular complexity index is 329. The van der Waals surface area contributed by atoms with E-state index in [2.05, 4.69) is 21.4 Å². The van der Waals surface area contributed by atoms with Gasteiger partial charge in [-0.15, -0.1) is 0 Å². The minimum Gasteiger partial charge on any atom is -0.480 e. The standard InChI is InChI=1S/C8H10N4O2/c13-8(14)7-6(10-12-11-7)5-1-3-9-4-2-5/h1-4,6-7,10-12H,(H,13,14). The molecular weight excluding hydrogens is 184 g/mol. The van der Waals surface area contributed by atoms with Gasteiger partial charge in [-0.2, -0.15) is 5.53 Å². The van der Waals surface area contributed by atoms with E-state index < -0.39 is 12.0 Å². The van der Waals surface area contributed by atoms with Crippen molar-refractivity contribution in [2.45, 2.75) is 12.1 Å². The van der Waals surface area contributed by atoms with Crippen LogP contribution in [-0.2, 0) is 4.79 Å². The molecule has 1 fully saturated rings. The normalized spacial score (nSPS) is 26.3. The van der Waals surface area contributed by atoms with Crippen LogP contribution in [0.15, 0.2) is 24.5 Å². The Morgan fingerprint density at radius 1 is 1.36 bits per heavy atom. The first-order valence-electron chi connectivity index (χ1n) is 4.18. The molecule has 2 atom stereocenters. The summed E-state index contributed by atoms with van der Waals surface area (Å²) < 4.78 is 0. The Kier molecular flexibility index (Phi) is 2.40. The summed E-state index contributed by atoms with van der Waals surface area (Å²) in [5.74, 6) is -0.899. The Hall–Kier alpha value is -1.50. The molecule has 1 aliphatic heterocycles. The van der Waals surface area contributed by atoms with Gasteiger partial charge in [0.25, 0.3) is 0 Å². The van der Waals surface area contributed by atoms with E-state index in [9.17, 15) is 4.79 Å². The van der Waals surface area contributed by atoms with Crippen LogP contribution in [0.3, 0.4) is 0 Å². The molecule has 0 radical (unpaired) electrons. The molecule has 6 nitrogen and oxygen atoms in total. The molecule has 1 saturated heterocycles. The Balaban J connectivity index is 2.22. The highest BCUT2D eigenvalue weighted by molar-refractivity contribution is 5.75. The predicted octanol–water partition coefficient (Wildman–Crippen LogP) is -0.812. The Morgan fingerprint density at radius 2 is 2.07 bits per heavy atom. The van der Waals surface area contributed by atoms with Crippen molar-refractivity contribution in [3.63, 3.8) is 0 Å². The SMILES string of the molecule is O=C(O)C1NNNC1c1ccncc1. The van der Waals surface area contributed by atoms with Gasteiger partial charge in [-0.3, -0.25) is 9.78 Å². The zero-order valence-electron chi connectivity index (χ0n) is 7.27. The fourth-order valence-corrected chi connectivity index (χ4v) is 1.41. The molecule has 0 aliphatic carbocycles. The highest BCUT2D eigenvalue weighted by Gasteiger charge is 2.33. The van der Waals surface area contributed by atoms with Crippen LogP contribution in [0.25, 0.3) is 0 Å². The first-order valence-corrected chi connectivity index (χ1v) is 4.18. The second-order valence-corrected chi connectivity index (χ2v) is 2.99. The Morgan fingerprint density at radius 3 is 2.71 bits per heavy atom.